The van der Waals surface area contributed by atoms with Crippen molar-refractivity contribution in [3.05, 3.63) is 34.6 Å². The van der Waals surface area contributed by atoms with Crippen molar-refractivity contribution in [2.45, 2.75) is 39.8 Å². The van der Waals surface area contributed by atoms with Crippen LogP contribution in [-0.4, -0.2) is 44.1 Å². The number of ether oxygens (including phenoxy) is 3. The summed E-state index contributed by atoms with van der Waals surface area (Å²) in [6.45, 7) is 5.51. The Morgan fingerprint density at radius 2 is 1.60 bits per heavy atom. The zero-order chi connectivity index (χ0) is 21.4. The molecule has 0 aliphatic carbocycles. The summed E-state index contributed by atoms with van der Waals surface area (Å²) in [4.78, 5) is 4.33. The van der Waals surface area contributed by atoms with Gasteiger partial charge in [-0.05, 0) is 30.5 Å². The number of guanidine groups is 1. The number of rotatable bonds is 9. The molecule has 168 valence electrons. The number of benzene rings is 1. The van der Waals surface area contributed by atoms with Gasteiger partial charge in [0.2, 0.25) is 5.75 Å². The number of halogens is 1. The van der Waals surface area contributed by atoms with Crippen LogP contribution in [0.25, 0.3) is 0 Å². The maximum Gasteiger partial charge on any atom is 0.203 e. The molecule has 0 amide bonds. The van der Waals surface area contributed by atoms with E-state index in [4.69, 9.17) is 14.2 Å². The molecule has 1 heterocycles. The lowest BCUT2D eigenvalue weighted by molar-refractivity contribution is 0.323. The van der Waals surface area contributed by atoms with Crippen LogP contribution in [0.3, 0.4) is 0 Å². The van der Waals surface area contributed by atoms with E-state index in [0.29, 0.717) is 36.3 Å². The first-order chi connectivity index (χ1) is 14.0. The van der Waals surface area contributed by atoms with Gasteiger partial charge in [0.05, 0.1) is 27.0 Å². The van der Waals surface area contributed by atoms with E-state index in [1.54, 1.807) is 28.4 Å². The van der Waals surface area contributed by atoms with E-state index >= 15 is 0 Å². The minimum atomic E-state index is 0. The van der Waals surface area contributed by atoms with Gasteiger partial charge in [0.15, 0.2) is 17.5 Å². The molecule has 0 bridgehead atoms. The SMILES string of the molecule is CCc1nn(C)c(CC)c1CNC(=NC)NCc1cc(OC)c(OC)c(OC)c1.I. The normalized spacial score (nSPS) is 11.0. The predicted octanol–water partition coefficient (Wildman–Crippen LogP) is 3.05. The summed E-state index contributed by atoms with van der Waals surface area (Å²) in [6, 6.07) is 3.85. The molecule has 0 atom stereocenters. The van der Waals surface area contributed by atoms with Crippen LogP contribution in [0.15, 0.2) is 17.1 Å². The summed E-state index contributed by atoms with van der Waals surface area (Å²) in [6.07, 6.45) is 1.85. The van der Waals surface area contributed by atoms with E-state index < -0.39 is 0 Å². The Kier molecular flexibility index (Phi) is 10.8. The summed E-state index contributed by atoms with van der Waals surface area (Å²) in [7, 11) is 8.57. The summed E-state index contributed by atoms with van der Waals surface area (Å²) in [5.74, 6) is 2.55. The third-order valence-corrected chi connectivity index (χ3v) is 4.87. The van der Waals surface area contributed by atoms with Crippen molar-refractivity contribution in [3.63, 3.8) is 0 Å². The van der Waals surface area contributed by atoms with Crippen molar-refractivity contribution in [2.24, 2.45) is 12.0 Å². The molecule has 0 saturated carbocycles. The van der Waals surface area contributed by atoms with Gasteiger partial charge in [0, 0.05) is 38.4 Å². The molecule has 0 unspecified atom stereocenters. The first-order valence-electron chi connectivity index (χ1n) is 9.79. The monoisotopic (exact) mass is 531 g/mol. The topological polar surface area (TPSA) is 81.9 Å². The molecular weight excluding hydrogens is 497 g/mol. The number of hydrogen-bond donors (Lipinski definition) is 2. The van der Waals surface area contributed by atoms with Gasteiger partial charge in [-0.2, -0.15) is 5.10 Å². The second-order valence-corrected chi connectivity index (χ2v) is 6.52. The smallest absolute Gasteiger partial charge is 0.203 e. The van der Waals surface area contributed by atoms with Crippen molar-refractivity contribution in [2.75, 3.05) is 28.4 Å². The highest BCUT2D eigenvalue weighted by atomic mass is 127. The highest BCUT2D eigenvalue weighted by molar-refractivity contribution is 14.0. The number of hydrogen-bond acceptors (Lipinski definition) is 5. The fraction of sp³-hybridized carbons (Fsp3) is 0.524. The lowest BCUT2D eigenvalue weighted by Crippen LogP contribution is -2.36. The molecule has 1 aromatic carbocycles. The molecular formula is C21H34IN5O3. The van der Waals surface area contributed by atoms with E-state index in [1.807, 2.05) is 23.9 Å². The van der Waals surface area contributed by atoms with E-state index in [-0.39, 0.29) is 24.0 Å². The number of aromatic nitrogens is 2. The van der Waals surface area contributed by atoms with Crippen LogP contribution < -0.4 is 24.8 Å². The number of nitrogens with zero attached hydrogens (tertiary/aromatic N) is 3. The fourth-order valence-corrected chi connectivity index (χ4v) is 3.41. The molecule has 0 fully saturated rings. The molecule has 2 N–H and O–H groups in total. The molecule has 9 heteroatoms. The third kappa shape index (κ3) is 5.93. The van der Waals surface area contributed by atoms with Gasteiger partial charge in [0.25, 0.3) is 0 Å². The molecule has 30 heavy (non-hydrogen) atoms. The summed E-state index contributed by atoms with van der Waals surface area (Å²) >= 11 is 0. The van der Waals surface area contributed by atoms with Gasteiger partial charge in [0.1, 0.15) is 0 Å². The maximum atomic E-state index is 5.42. The second kappa shape index (κ2) is 12.5. The van der Waals surface area contributed by atoms with Gasteiger partial charge in [-0.3, -0.25) is 9.67 Å². The molecule has 0 radical (unpaired) electrons. The Hall–Kier alpha value is -2.17. The fourth-order valence-electron chi connectivity index (χ4n) is 3.41. The van der Waals surface area contributed by atoms with Crippen LogP contribution in [0, 0.1) is 0 Å². The van der Waals surface area contributed by atoms with Crippen LogP contribution in [0.2, 0.25) is 0 Å². The Labute approximate surface area is 196 Å². The molecule has 8 nitrogen and oxygen atoms in total. The minimum absolute atomic E-state index is 0. The van der Waals surface area contributed by atoms with Gasteiger partial charge >= 0.3 is 0 Å². The van der Waals surface area contributed by atoms with Crippen molar-refractivity contribution < 1.29 is 14.2 Å². The van der Waals surface area contributed by atoms with Crippen molar-refractivity contribution >= 4 is 29.9 Å². The predicted molar refractivity (Wildman–Crippen MR) is 131 cm³/mol. The zero-order valence-electron chi connectivity index (χ0n) is 19.0. The maximum absolute atomic E-state index is 5.42. The van der Waals surface area contributed by atoms with Crippen molar-refractivity contribution in [1.82, 2.24) is 20.4 Å². The number of aliphatic imine (C=N–C) groups is 1. The van der Waals surface area contributed by atoms with Gasteiger partial charge in [-0.15, -0.1) is 24.0 Å². The molecule has 0 spiro atoms. The van der Waals surface area contributed by atoms with Crippen LogP contribution in [-0.2, 0) is 33.0 Å². The number of methoxy groups -OCH3 is 3. The van der Waals surface area contributed by atoms with Crippen LogP contribution in [0.5, 0.6) is 17.2 Å². The summed E-state index contributed by atoms with van der Waals surface area (Å²) in [5.41, 5.74) is 4.60. The largest absolute Gasteiger partial charge is 0.493 e. The average Bonchev–Trinajstić information content (AvgIpc) is 3.07. The van der Waals surface area contributed by atoms with E-state index in [2.05, 4.69) is 34.6 Å². The molecule has 2 aromatic rings. The molecule has 2 rings (SSSR count). The van der Waals surface area contributed by atoms with Crippen LogP contribution in [0.4, 0.5) is 0 Å². The highest BCUT2D eigenvalue weighted by Crippen LogP contribution is 2.38. The quantitative estimate of drug-likeness (QED) is 0.294. The Balaban J connectivity index is 0.00000450. The zero-order valence-corrected chi connectivity index (χ0v) is 21.3. The van der Waals surface area contributed by atoms with Crippen molar-refractivity contribution in [3.8, 4) is 17.2 Å². The van der Waals surface area contributed by atoms with Crippen LogP contribution in [0.1, 0.15) is 36.4 Å². The second-order valence-electron chi connectivity index (χ2n) is 6.52. The average molecular weight is 531 g/mol. The molecule has 0 aliphatic heterocycles. The standard InChI is InChI=1S/C21H33N5O3.HI/c1-8-16-15(17(9-2)26(4)25-16)13-24-21(22-3)23-12-14-10-18(27-5)20(29-7)19(11-14)28-6;/h10-11H,8-9,12-13H2,1-7H3,(H2,22,23,24);1H. The summed E-state index contributed by atoms with van der Waals surface area (Å²) in [5, 5.41) is 11.4. The van der Waals surface area contributed by atoms with Crippen LogP contribution >= 0.6 is 24.0 Å². The van der Waals surface area contributed by atoms with Crippen molar-refractivity contribution in [1.29, 1.82) is 0 Å². The molecule has 1 aromatic heterocycles. The lowest BCUT2D eigenvalue weighted by Gasteiger charge is -2.16. The van der Waals surface area contributed by atoms with Gasteiger partial charge in [-0.1, -0.05) is 13.8 Å². The first-order valence-corrected chi connectivity index (χ1v) is 9.79. The number of nitrogens with one attached hydrogen (secondary N) is 2. The Morgan fingerprint density at radius 1 is 1.00 bits per heavy atom. The lowest BCUT2D eigenvalue weighted by atomic mass is 10.1. The third-order valence-electron chi connectivity index (χ3n) is 4.87. The Bertz CT molecular complexity index is 826. The van der Waals surface area contributed by atoms with E-state index in [1.165, 1.54) is 11.3 Å². The van der Waals surface area contributed by atoms with E-state index in [9.17, 15) is 0 Å². The first kappa shape index (κ1) is 25.9. The number of aryl methyl sites for hydroxylation is 2. The van der Waals surface area contributed by atoms with E-state index in [0.717, 1.165) is 24.1 Å². The van der Waals surface area contributed by atoms with Gasteiger partial charge < -0.3 is 24.8 Å². The highest BCUT2D eigenvalue weighted by Gasteiger charge is 2.15. The summed E-state index contributed by atoms with van der Waals surface area (Å²) < 4.78 is 18.2. The molecule has 0 saturated heterocycles. The molecule has 0 aliphatic rings. The minimum Gasteiger partial charge on any atom is -0.493 e. The Morgan fingerprint density at radius 3 is 2.07 bits per heavy atom. The van der Waals surface area contributed by atoms with Gasteiger partial charge in [-0.25, -0.2) is 0 Å².